The minimum Gasteiger partial charge on any atom is -0.480 e. The van der Waals surface area contributed by atoms with Crippen LogP contribution in [0, 0.1) is 0 Å². The molecule has 0 saturated carbocycles. The SMILES string of the molecule is CC1NCC(C(C(=O)O)N(C)C)=CS1. The molecule has 0 aromatic heterocycles. The molecule has 0 radical (unpaired) electrons. The number of rotatable bonds is 3. The van der Waals surface area contributed by atoms with Crippen molar-refractivity contribution in [2.24, 2.45) is 0 Å². The van der Waals surface area contributed by atoms with Crippen LogP contribution in [0.15, 0.2) is 11.0 Å². The lowest BCUT2D eigenvalue weighted by Crippen LogP contribution is -2.42. The van der Waals surface area contributed by atoms with Crippen LogP contribution in [-0.4, -0.2) is 48.0 Å². The highest BCUT2D eigenvalue weighted by Crippen LogP contribution is 2.21. The van der Waals surface area contributed by atoms with Crippen LogP contribution in [0.2, 0.25) is 0 Å². The predicted octanol–water partition coefficient (Wildman–Crippen LogP) is 0.568. The van der Waals surface area contributed by atoms with Crippen LogP contribution in [0.4, 0.5) is 0 Å². The predicted molar refractivity (Wildman–Crippen MR) is 58.2 cm³/mol. The van der Waals surface area contributed by atoms with Gasteiger partial charge in [0.05, 0.1) is 5.37 Å². The summed E-state index contributed by atoms with van der Waals surface area (Å²) in [5.41, 5.74) is 0.922. The van der Waals surface area contributed by atoms with Crippen LogP contribution >= 0.6 is 11.8 Å². The zero-order chi connectivity index (χ0) is 10.7. The number of hydrogen-bond donors (Lipinski definition) is 2. The van der Waals surface area contributed by atoms with E-state index in [-0.39, 0.29) is 0 Å². The highest BCUT2D eigenvalue weighted by molar-refractivity contribution is 8.02. The lowest BCUT2D eigenvalue weighted by Gasteiger charge is -2.27. The zero-order valence-electron chi connectivity index (χ0n) is 8.65. The maximum atomic E-state index is 11.0. The molecule has 0 saturated heterocycles. The minimum atomic E-state index is -0.793. The third-order valence-electron chi connectivity index (χ3n) is 2.12. The smallest absolute Gasteiger partial charge is 0.325 e. The van der Waals surface area contributed by atoms with Crippen molar-refractivity contribution < 1.29 is 9.90 Å². The third-order valence-corrected chi connectivity index (χ3v) is 3.13. The van der Waals surface area contributed by atoms with E-state index in [0.29, 0.717) is 11.9 Å². The molecule has 0 aromatic carbocycles. The van der Waals surface area contributed by atoms with E-state index in [4.69, 9.17) is 5.11 Å². The molecule has 80 valence electrons. The first-order valence-corrected chi connectivity index (χ1v) is 5.43. The van der Waals surface area contributed by atoms with Gasteiger partial charge in [-0.05, 0) is 32.0 Å². The van der Waals surface area contributed by atoms with Crippen LogP contribution in [0.25, 0.3) is 0 Å². The fourth-order valence-electron chi connectivity index (χ4n) is 1.41. The summed E-state index contributed by atoms with van der Waals surface area (Å²) in [6, 6.07) is -0.512. The Morgan fingerprint density at radius 2 is 2.43 bits per heavy atom. The lowest BCUT2D eigenvalue weighted by molar-refractivity contribution is -0.140. The molecule has 2 atom stereocenters. The highest BCUT2D eigenvalue weighted by Gasteiger charge is 2.26. The molecule has 4 nitrogen and oxygen atoms in total. The van der Waals surface area contributed by atoms with E-state index in [1.165, 1.54) is 0 Å². The first-order valence-electron chi connectivity index (χ1n) is 4.49. The number of thioether (sulfide) groups is 1. The fraction of sp³-hybridized carbons (Fsp3) is 0.667. The van der Waals surface area contributed by atoms with Gasteiger partial charge in [-0.15, -0.1) is 11.8 Å². The van der Waals surface area contributed by atoms with Gasteiger partial charge >= 0.3 is 5.97 Å². The van der Waals surface area contributed by atoms with Crippen molar-refractivity contribution in [2.75, 3.05) is 20.6 Å². The summed E-state index contributed by atoms with van der Waals surface area (Å²) in [6.07, 6.45) is 0. The van der Waals surface area contributed by atoms with Gasteiger partial charge in [-0.1, -0.05) is 0 Å². The number of nitrogens with zero attached hydrogens (tertiary/aromatic N) is 1. The van der Waals surface area contributed by atoms with Crippen LogP contribution in [0.5, 0.6) is 0 Å². The Hall–Kier alpha value is -0.520. The Kier molecular flexibility index (Phi) is 3.97. The summed E-state index contributed by atoms with van der Waals surface area (Å²) in [5, 5.41) is 14.6. The highest BCUT2D eigenvalue weighted by atomic mass is 32.2. The van der Waals surface area contributed by atoms with Crippen LogP contribution in [-0.2, 0) is 4.79 Å². The van der Waals surface area contributed by atoms with E-state index >= 15 is 0 Å². The average molecular weight is 216 g/mol. The van der Waals surface area contributed by atoms with Crippen LogP contribution in [0.1, 0.15) is 6.92 Å². The van der Waals surface area contributed by atoms with Crippen molar-refractivity contribution in [3.8, 4) is 0 Å². The molecule has 2 N–H and O–H groups in total. The lowest BCUT2D eigenvalue weighted by atomic mass is 10.1. The Morgan fingerprint density at radius 3 is 2.79 bits per heavy atom. The Balaban J connectivity index is 2.74. The average Bonchev–Trinajstić information content (AvgIpc) is 2.07. The first-order chi connectivity index (χ1) is 6.52. The van der Waals surface area contributed by atoms with Crippen molar-refractivity contribution in [3.63, 3.8) is 0 Å². The molecule has 1 heterocycles. The van der Waals surface area contributed by atoms with E-state index < -0.39 is 12.0 Å². The molecule has 0 spiro atoms. The number of carboxylic acids is 1. The van der Waals surface area contributed by atoms with Crippen molar-refractivity contribution in [1.82, 2.24) is 10.2 Å². The van der Waals surface area contributed by atoms with E-state index in [0.717, 1.165) is 5.57 Å². The molecule has 1 aliphatic heterocycles. The van der Waals surface area contributed by atoms with Crippen molar-refractivity contribution in [1.29, 1.82) is 0 Å². The molecule has 0 aliphatic carbocycles. The van der Waals surface area contributed by atoms with Crippen LogP contribution in [0.3, 0.4) is 0 Å². The summed E-state index contributed by atoms with van der Waals surface area (Å²) >= 11 is 1.63. The maximum Gasteiger partial charge on any atom is 0.325 e. The van der Waals surface area contributed by atoms with Gasteiger partial charge in [0.15, 0.2) is 0 Å². The summed E-state index contributed by atoms with van der Waals surface area (Å²) in [6.45, 7) is 2.71. The van der Waals surface area contributed by atoms with Gasteiger partial charge < -0.3 is 10.4 Å². The maximum absolute atomic E-state index is 11.0. The van der Waals surface area contributed by atoms with E-state index in [1.807, 2.05) is 5.41 Å². The molecule has 2 unspecified atom stereocenters. The molecular formula is C9H16N2O2S. The standard InChI is InChI=1S/C9H16N2O2S/c1-6-10-4-7(5-14-6)8(9(12)13)11(2)3/h5-6,8,10H,4H2,1-3H3,(H,12,13). The molecule has 0 bridgehead atoms. The van der Waals surface area contributed by atoms with Gasteiger partial charge in [-0.2, -0.15) is 0 Å². The molecule has 1 rings (SSSR count). The van der Waals surface area contributed by atoms with E-state index in [2.05, 4.69) is 12.2 Å². The molecule has 0 amide bonds. The van der Waals surface area contributed by atoms with Gasteiger partial charge in [-0.3, -0.25) is 9.69 Å². The molecule has 14 heavy (non-hydrogen) atoms. The molecule has 0 aromatic rings. The zero-order valence-corrected chi connectivity index (χ0v) is 9.47. The summed E-state index contributed by atoms with van der Waals surface area (Å²) in [7, 11) is 3.56. The van der Waals surface area contributed by atoms with E-state index in [9.17, 15) is 4.79 Å². The normalized spacial score (nSPS) is 24.6. The number of hydrogen-bond acceptors (Lipinski definition) is 4. The Labute approximate surface area is 88.4 Å². The monoisotopic (exact) mass is 216 g/mol. The van der Waals surface area contributed by atoms with Gasteiger partial charge in [0, 0.05) is 6.54 Å². The first kappa shape index (κ1) is 11.6. The summed E-state index contributed by atoms with van der Waals surface area (Å²) in [5.74, 6) is -0.793. The van der Waals surface area contributed by atoms with Crippen LogP contribution < -0.4 is 5.32 Å². The molecular weight excluding hydrogens is 200 g/mol. The van der Waals surface area contributed by atoms with Crippen molar-refractivity contribution in [2.45, 2.75) is 18.3 Å². The van der Waals surface area contributed by atoms with Crippen molar-refractivity contribution >= 4 is 17.7 Å². The number of likely N-dealkylation sites (N-methyl/N-ethyl adjacent to an activating group) is 1. The number of nitrogens with one attached hydrogen (secondary N) is 1. The second-order valence-electron chi connectivity index (χ2n) is 3.56. The third kappa shape index (κ3) is 2.73. The largest absolute Gasteiger partial charge is 0.480 e. The van der Waals surface area contributed by atoms with Gasteiger partial charge in [-0.25, -0.2) is 0 Å². The summed E-state index contributed by atoms with van der Waals surface area (Å²) in [4.78, 5) is 12.7. The fourth-order valence-corrected chi connectivity index (χ4v) is 2.18. The number of carboxylic acid groups (broad SMARTS) is 1. The second kappa shape index (κ2) is 4.82. The summed E-state index contributed by atoms with van der Waals surface area (Å²) < 4.78 is 0. The van der Waals surface area contributed by atoms with Crippen molar-refractivity contribution in [3.05, 3.63) is 11.0 Å². The second-order valence-corrected chi connectivity index (χ2v) is 4.77. The Bertz CT molecular complexity index is 253. The number of aliphatic carboxylic acids is 1. The Morgan fingerprint density at radius 1 is 1.79 bits per heavy atom. The van der Waals surface area contributed by atoms with Gasteiger partial charge in [0.1, 0.15) is 6.04 Å². The topological polar surface area (TPSA) is 52.6 Å². The number of carbonyl (C=O) groups is 1. The molecule has 5 heteroatoms. The minimum absolute atomic E-state index is 0.371. The quantitative estimate of drug-likeness (QED) is 0.722. The van der Waals surface area contributed by atoms with E-state index in [1.54, 1.807) is 30.8 Å². The van der Waals surface area contributed by atoms with Gasteiger partial charge in [0.25, 0.3) is 0 Å². The molecule has 1 aliphatic rings. The van der Waals surface area contributed by atoms with Gasteiger partial charge in [0.2, 0.25) is 0 Å². The molecule has 0 fully saturated rings.